The molecular formula is C17H25N5S. The van der Waals surface area contributed by atoms with Crippen LogP contribution in [0.4, 0.5) is 5.95 Å². The number of anilines is 1. The summed E-state index contributed by atoms with van der Waals surface area (Å²) in [6.45, 7) is 9.34. The van der Waals surface area contributed by atoms with Crippen molar-refractivity contribution in [3.05, 3.63) is 34.0 Å². The van der Waals surface area contributed by atoms with Crippen LogP contribution < -0.4 is 10.2 Å². The maximum atomic E-state index is 4.78. The molecule has 1 aliphatic heterocycles. The van der Waals surface area contributed by atoms with Crippen molar-refractivity contribution >= 4 is 17.3 Å². The van der Waals surface area contributed by atoms with Crippen LogP contribution in [0.5, 0.6) is 0 Å². The fourth-order valence-electron chi connectivity index (χ4n) is 2.96. The van der Waals surface area contributed by atoms with Crippen LogP contribution in [0.15, 0.2) is 17.0 Å². The van der Waals surface area contributed by atoms with E-state index in [1.807, 2.05) is 5.51 Å². The molecule has 2 aromatic heterocycles. The average molecular weight is 331 g/mol. The predicted octanol–water partition coefficient (Wildman–Crippen LogP) is 2.81. The number of nitrogens with one attached hydrogen (secondary N) is 1. The maximum absolute atomic E-state index is 4.78. The minimum absolute atomic E-state index is 0.481. The Kier molecular flexibility index (Phi) is 5.23. The molecule has 0 amide bonds. The summed E-state index contributed by atoms with van der Waals surface area (Å²) in [5.41, 5.74) is 5.22. The summed E-state index contributed by atoms with van der Waals surface area (Å²) in [5, 5.41) is 5.69. The molecule has 1 fully saturated rings. The van der Waals surface area contributed by atoms with Gasteiger partial charge >= 0.3 is 0 Å². The van der Waals surface area contributed by atoms with Gasteiger partial charge in [-0.15, -0.1) is 11.3 Å². The van der Waals surface area contributed by atoms with Crippen molar-refractivity contribution in [3.8, 4) is 0 Å². The molecule has 6 heteroatoms. The van der Waals surface area contributed by atoms with Gasteiger partial charge in [0.05, 0.1) is 11.2 Å². The molecule has 0 radical (unpaired) electrons. The molecular weight excluding hydrogens is 306 g/mol. The van der Waals surface area contributed by atoms with E-state index in [0.29, 0.717) is 12.0 Å². The number of hydrogen-bond donors (Lipinski definition) is 1. The van der Waals surface area contributed by atoms with Gasteiger partial charge < -0.3 is 10.2 Å². The van der Waals surface area contributed by atoms with Gasteiger partial charge in [-0.3, -0.25) is 0 Å². The molecule has 2 aromatic rings. The van der Waals surface area contributed by atoms with Gasteiger partial charge in [-0.2, -0.15) is 0 Å². The van der Waals surface area contributed by atoms with E-state index < -0.39 is 0 Å². The van der Waals surface area contributed by atoms with Crippen molar-refractivity contribution in [1.82, 2.24) is 20.3 Å². The normalized spacial score (nSPS) is 18.1. The first-order valence-electron chi connectivity index (χ1n) is 8.30. The molecule has 0 saturated carbocycles. The molecule has 1 aliphatic rings. The summed E-state index contributed by atoms with van der Waals surface area (Å²) in [6, 6.07) is 2.59. The standard InChI is InChI=1S/C17H25N5S/c1-12(2)6-15-7-13(3)20-17(21-15)22-5-4-14(9-22)18-8-16-10-23-11-19-16/h7,10-12,14,18H,4-6,8-9H2,1-3H3. The van der Waals surface area contributed by atoms with Crippen LogP contribution in [0, 0.1) is 12.8 Å². The van der Waals surface area contributed by atoms with Crippen molar-refractivity contribution in [1.29, 1.82) is 0 Å². The average Bonchev–Trinajstić information content (AvgIpc) is 3.15. The summed E-state index contributed by atoms with van der Waals surface area (Å²) >= 11 is 1.65. The predicted molar refractivity (Wildman–Crippen MR) is 94.9 cm³/mol. The Morgan fingerprint density at radius 1 is 1.35 bits per heavy atom. The molecule has 0 spiro atoms. The highest BCUT2D eigenvalue weighted by Crippen LogP contribution is 2.19. The monoisotopic (exact) mass is 331 g/mol. The highest BCUT2D eigenvalue weighted by molar-refractivity contribution is 7.07. The Balaban J connectivity index is 1.60. The zero-order chi connectivity index (χ0) is 16.2. The van der Waals surface area contributed by atoms with Crippen molar-refractivity contribution < 1.29 is 0 Å². The largest absolute Gasteiger partial charge is 0.339 e. The molecule has 124 valence electrons. The minimum atomic E-state index is 0.481. The maximum Gasteiger partial charge on any atom is 0.225 e. The summed E-state index contributed by atoms with van der Waals surface area (Å²) < 4.78 is 0. The highest BCUT2D eigenvalue weighted by atomic mass is 32.1. The van der Waals surface area contributed by atoms with Gasteiger partial charge in [-0.25, -0.2) is 15.0 Å². The molecule has 5 nitrogen and oxygen atoms in total. The lowest BCUT2D eigenvalue weighted by Gasteiger charge is -2.18. The smallest absolute Gasteiger partial charge is 0.225 e. The van der Waals surface area contributed by atoms with Crippen LogP contribution in [-0.4, -0.2) is 34.1 Å². The number of thiazole rings is 1. The third-order valence-electron chi connectivity index (χ3n) is 4.04. The Hall–Kier alpha value is -1.53. The number of aryl methyl sites for hydroxylation is 1. The highest BCUT2D eigenvalue weighted by Gasteiger charge is 2.24. The van der Waals surface area contributed by atoms with Crippen LogP contribution in [0.3, 0.4) is 0 Å². The lowest BCUT2D eigenvalue weighted by Crippen LogP contribution is -2.32. The fraction of sp³-hybridized carbons (Fsp3) is 0.588. The van der Waals surface area contributed by atoms with Gasteiger partial charge in [0.15, 0.2) is 0 Å². The second kappa shape index (κ2) is 7.36. The Bertz CT molecular complexity index is 626. The van der Waals surface area contributed by atoms with E-state index in [1.54, 1.807) is 11.3 Å². The van der Waals surface area contributed by atoms with E-state index in [9.17, 15) is 0 Å². The van der Waals surface area contributed by atoms with E-state index >= 15 is 0 Å². The quantitative estimate of drug-likeness (QED) is 0.882. The van der Waals surface area contributed by atoms with E-state index in [4.69, 9.17) is 4.98 Å². The van der Waals surface area contributed by atoms with Gasteiger partial charge in [0.2, 0.25) is 5.95 Å². The first-order chi connectivity index (χ1) is 11.1. The van der Waals surface area contributed by atoms with Gasteiger partial charge in [0, 0.05) is 42.4 Å². The second-order valence-electron chi connectivity index (χ2n) is 6.69. The molecule has 1 atom stereocenters. The number of nitrogens with zero attached hydrogens (tertiary/aromatic N) is 4. The van der Waals surface area contributed by atoms with E-state index in [-0.39, 0.29) is 0 Å². The van der Waals surface area contributed by atoms with Crippen LogP contribution >= 0.6 is 11.3 Å². The van der Waals surface area contributed by atoms with Crippen molar-refractivity contribution in [2.24, 2.45) is 5.92 Å². The SMILES string of the molecule is Cc1cc(CC(C)C)nc(N2CCC(NCc3cscn3)C2)n1. The number of hydrogen-bond acceptors (Lipinski definition) is 6. The summed E-state index contributed by atoms with van der Waals surface area (Å²) in [7, 11) is 0. The molecule has 0 bridgehead atoms. The molecule has 1 N–H and O–H groups in total. The van der Waals surface area contributed by atoms with Gasteiger partial charge in [-0.05, 0) is 31.7 Å². The van der Waals surface area contributed by atoms with Crippen molar-refractivity contribution in [2.75, 3.05) is 18.0 Å². The zero-order valence-electron chi connectivity index (χ0n) is 14.1. The number of aromatic nitrogens is 3. The summed E-state index contributed by atoms with van der Waals surface area (Å²) in [4.78, 5) is 16.0. The van der Waals surface area contributed by atoms with Gasteiger partial charge in [0.1, 0.15) is 0 Å². The van der Waals surface area contributed by atoms with Crippen LogP contribution in [0.2, 0.25) is 0 Å². The first-order valence-corrected chi connectivity index (χ1v) is 9.24. The Morgan fingerprint density at radius 3 is 2.96 bits per heavy atom. The molecule has 1 unspecified atom stereocenters. The lowest BCUT2D eigenvalue weighted by atomic mass is 10.1. The minimum Gasteiger partial charge on any atom is -0.339 e. The van der Waals surface area contributed by atoms with Crippen molar-refractivity contribution in [2.45, 2.75) is 46.2 Å². The van der Waals surface area contributed by atoms with E-state index in [1.165, 1.54) is 0 Å². The third-order valence-corrected chi connectivity index (χ3v) is 4.67. The molecule has 3 heterocycles. The lowest BCUT2D eigenvalue weighted by molar-refractivity contribution is 0.546. The Labute approximate surface area is 142 Å². The van der Waals surface area contributed by atoms with E-state index in [2.05, 4.69) is 52.4 Å². The van der Waals surface area contributed by atoms with Crippen molar-refractivity contribution in [3.63, 3.8) is 0 Å². The molecule has 1 saturated heterocycles. The molecule has 23 heavy (non-hydrogen) atoms. The number of rotatable bonds is 6. The Morgan fingerprint density at radius 2 is 2.22 bits per heavy atom. The first kappa shape index (κ1) is 16.3. The van der Waals surface area contributed by atoms with Crippen LogP contribution in [0.25, 0.3) is 0 Å². The summed E-state index contributed by atoms with van der Waals surface area (Å²) in [5.74, 6) is 1.50. The summed E-state index contributed by atoms with van der Waals surface area (Å²) in [6.07, 6.45) is 2.14. The van der Waals surface area contributed by atoms with E-state index in [0.717, 1.165) is 55.5 Å². The second-order valence-corrected chi connectivity index (χ2v) is 7.41. The zero-order valence-corrected chi connectivity index (χ0v) is 14.9. The third kappa shape index (κ3) is 4.48. The topological polar surface area (TPSA) is 53.9 Å². The molecule has 0 aliphatic carbocycles. The molecule has 3 rings (SSSR count). The van der Waals surface area contributed by atoms with Gasteiger partial charge in [-0.1, -0.05) is 13.8 Å². The van der Waals surface area contributed by atoms with Crippen LogP contribution in [0.1, 0.15) is 37.4 Å². The van der Waals surface area contributed by atoms with Gasteiger partial charge in [0.25, 0.3) is 0 Å². The fourth-order valence-corrected chi connectivity index (χ4v) is 3.52. The molecule has 0 aromatic carbocycles. The van der Waals surface area contributed by atoms with Crippen LogP contribution in [-0.2, 0) is 13.0 Å².